The Labute approximate surface area is 110 Å². The Morgan fingerprint density at radius 1 is 1.28 bits per heavy atom. The summed E-state index contributed by atoms with van der Waals surface area (Å²) < 4.78 is 5.19. The highest BCUT2D eigenvalue weighted by molar-refractivity contribution is 5.20. The highest BCUT2D eigenvalue weighted by atomic mass is 16.5. The van der Waals surface area contributed by atoms with E-state index in [1.165, 1.54) is 44.1 Å². The molecule has 0 saturated heterocycles. The summed E-state index contributed by atoms with van der Waals surface area (Å²) in [7, 11) is 0. The Kier molecular flexibility index (Phi) is 4.81. The van der Waals surface area contributed by atoms with Gasteiger partial charge >= 0.3 is 0 Å². The van der Waals surface area contributed by atoms with Crippen molar-refractivity contribution in [2.45, 2.75) is 71.9 Å². The lowest BCUT2D eigenvalue weighted by atomic mass is 9.85. The van der Waals surface area contributed by atoms with Gasteiger partial charge in [-0.3, -0.25) is 0 Å². The minimum absolute atomic E-state index is 0.585. The van der Waals surface area contributed by atoms with E-state index in [0.717, 1.165) is 23.9 Å². The Hall–Kier alpha value is -0.830. The van der Waals surface area contributed by atoms with Crippen LogP contribution in [0, 0.1) is 19.8 Å². The van der Waals surface area contributed by atoms with Crippen LogP contribution in [-0.4, -0.2) is 11.2 Å². The van der Waals surface area contributed by atoms with E-state index in [1.807, 2.05) is 13.8 Å². The summed E-state index contributed by atoms with van der Waals surface area (Å²) in [6, 6.07) is 0.585. The molecule has 0 aliphatic heterocycles. The van der Waals surface area contributed by atoms with Crippen molar-refractivity contribution in [3.05, 3.63) is 17.0 Å². The zero-order valence-corrected chi connectivity index (χ0v) is 12.0. The molecule has 1 fully saturated rings. The summed E-state index contributed by atoms with van der Waals surface area (Å²) in [5.74, 6) is 1.88. The van der Waals surface area contributed by atoms with Gasteiger partial charge in [-0.2, -0.15) is 0 Å². The molecule has 1 atom stereocenters. The third-order valence-electron chi connectivity index (χ3n) is 4.22. The normalized spacial score (nSPS) is 19.1. The van der Waals surface area contributed by atoms with Gasteiger partial charge in [0.2, 0.25) is 0 Å². The van der Waals surface area contributed by atoms with Crippen molar-refractivity contribution in [3.63, 3.8) is 0 Å². The summed E-state index contributed by atoms with van der Waals surface area (Å²) in [4.78, 5) is 0. The molecule has 2 rings (SSSR count). The zero-order valence-electron chi connectivity index (χ0n) is 12.0. The zero-order chi connectivity index (χ0) is 13.0. The molecule has 1 saturated carbocycles. The first kappa shape index (κ1) is 13.6. The van der Waals surface area contributed by atoms with Crippen LogP contribution in [-0.2, 0) is 6.54 Å². The maximum Gasteiger partial charge on any atom is 0.138 e. The second kappa shape index (κ2) is 6.37. The summed E-state index contributed by atoms with van der Waals surface area (Å²) in [6.45, 7) is 7.18. The van der Waals surface area contributed by atoms with Crippen LogP contribution in [0.5, 0.6) is 0 Å². The van der Waals surface area contributed by atoms with Crippen molar-refractivity contribution >= 4 is 0 Å². The number of nitrogens with zero attached hydrogens (tertiary/aromatic N) is 1. The standard InChI is InChI=1S/C15H26N2O/c1-11(9-14-7-5-4-6-8-14)16-10-15-12(2)17-18-13(15)3/h11,14,16H,4-10H2,1-3H3. The Bertz CT molecular complexity index is 347. The van der Waals surface area contributed by atoms with Gasteiger partial charge in [-0.1, -0.05) is 37.3 Å². The fraction of sp³-hybridized carbons (Fsp3) is 0.800. The summed E-state index contributed by atoms with van der Waals surface area (Å²) in [6.07, 6.45) is 8.47. The molecule has 0 spiro atoms. The van der Waals surface area contributed by atoms with Gasteiger partial charge in [0.1, 0.15) is 5.76 Å². The second-order valence-electron chi connectivity index (χ2n) is 5.82. The van der Waals surface area contributed by atoms with Crippen LogP contribution in [0.25, 0.3) is 0 Å². The maximum absolute atomic E-state index is 5.19. The van der Waals surface area contributed by atoms with Gasteiger partial charge in [-0.15, -0.1) is 0 Å². The van der Waals surface area contributed by atoms with Crippen molar-refractivity contribution in [3.8, 4) is 0 Å². The number of rotatable bonds is 5. The molecule has 3 nitrogen and oxygen atoms in total. The largest absolute Gasteiger partial charge is 0.361 e. The van der Waals surface area contributed by atoms with Gasteiger partial charge in [-0.05, 0) is 33.1 Å². The summed E-state index contributed by atoms with van der Waals surface area (Å²) >= 11 is 0. The Balaban J connectivity index is 1.75. The van der Waals surface area contributed by atoms with E-state index in [0.29, 0.717) is 6.04 Å². The van der Waals surface area contributed by atoms with Crippen LogP contribution in [0.15, 0.2) is 4.52 Å². The van der Waals surface area contributed by atoms with Crippen LogP contribution < -0.4 is 5.32 Å². The van der Waals surface area contributed by atoms with E-state index in [1.54, 1.807) is 0 Å². The second-order valence-corrected chi connectivity index (χ2v) is 5.82. The van der Waals surface area contributed by atoms with Crippen molar-refractivity contribution in [2.24, 2.45) is 5.92 Å². The average Bonchev–Trinajstić information content (AvgIpc) is 2.68. The van der Waals surface area contributed by atoms with Gasteiger partial charge < -0.3 is 9.84 Å². The predicted octanol–water partition coefficient (Wildman–Crippen LogP) is 3.74. The fourth-order valence-corrected chi connectivity index (χ4v) is 3.04. The first-order valence-electron chi connectivity index (χ1n) is 7.32. The minimum Gasteiger partial charge on any atom is -0.361 e. The van der Waals surface area contributed by atoms with Crippen LogP contribution in [0.1, 0.15) is 62.5 Å². The lowest BCUT2D eigenvalue weighted by Gasteiger charge is -2.25. The monoisotopic (exact) mass is 250 g/mol. The number of aromatic nitrogens is 1. The number of nitrogens with one attached hydrogen (secondary N) is 1. The lowest BCUT2D eigenvalue weighted by Crippen LogP contribution is -2.28. The van der Waals surface area contributed by atoms with Gasteiger partial charge in [0.05, 0.1) is 5.69 Å². The fourth-order valence-electron chi connectivity index (χ4n) is 3.04. The van der Waals surface area contributed by atoms with Crippen molar-refractivity contribution < 1.29 is 4.52 Å². The molecule has 0 radical (unpaired) electrons. The molecular formula is C15H26N2O. The van der Waals surface area contributed by atoms with Crippen LogP contribution in [0.4, 0.5) is 0 Å². The highest BCUT2D eigenvalue weighted by Gasteiger charge is 2.17. The molecule has 1 aromatic heterocycles. The average molecular weight is 250 g/mol. The van der Waals surface area contributed by atoms with Crippen LogP contribution in [0.2, 0.25) is 0 Å². The molecule has 1 aromatic rings. The molecule has 1 heterocycles. The molecule has 1 aliphatic carbocycles. The van der Waals surface area contributed by atoms with Gasteiger partial charge in [0.15, 0.2) is 0 Å². The quantitative estimate of drug-likeness (QED) is 0.865. The van der Waals surface area contributed by atoms with E-state index in [4.69, 9.17) is 4.52 Å². The molecule has 3 heteroatoms. The van der Waals surface area contributed by atoms with Gasteiger partial charge in [0, 0.05) is 18.2 Å². The van der Waals surface area contributed by atoms with Gasteiger partial charge in [-0.25, -0.2) is 0 Å². The molecule has 0 amide bonds. The molecular weight excluding hydrogens is 224 g/mol. The molecule has 0 aromatic carbocycles. The maximum atomic E-state index is 5.19. The molecule has 0 bridgehead atoms. The smallest absolute Gasteiger partial charge is 0.138 e. The topological polar surface area (TPSA) is 38.1 Å². The molecule has 102 valence electrons. The summed E-state index contributed by atoms with van der Waals surface area (Å²) in [5, 5.41) is 7.61. The Morgan fingerprint density at radius 3 is 2.61 bits per heavy atom. The number of aryl methyl sites for hydroxylation is 2. The Morgan fingerprint density at radius 2 is 2.00 bits per heavy atom. The third-order valence-corrected chi connectivity index (χ3v) is 4.22. The molecule has 1 unspecified atom stereocenters. The number of hydrogen-bond donors (Lipinski definition) is 1. The van der Waals surface area contributed by atoms with Crippen molar-refractivity contribution in [2.75, 3.05) is 0 Å². The highest BCUT2D eigenvalue weighted by Crippen LogP contribution is 2.27. The minimum atomic E-state index is 0.585. The van der Waals surface area contributed by atoms with E-state index in [2.05, 4.69) is 17.4 Å². The molecule has 1 aliphatic rings. The first-order valence-corrected chi connectivity index (χ1v) is 7.32. The van der Waals surface area contributed by atoms with Crippen molar-refractivity contribution in [1.29, 1.82) is 0 Å². The molecule has 1 N–H and O–H groups in total. The summed E-state index contributed by atoms with van der Waals surface area (Å²) in [5.41, 5.74) is 2.25. The van der Waals surface area contributed by atoms with Crippen molar-refractivity contribution in [1.82, 2.24) is 10.5 Å². The first-order chi connectivity index (χ1) is 8.66. The van der Waals surface area contributed by atoms with Gasteiger partial charge in [0.25, 0.3) is 0 Å². The van der Waals surface area contributed by atoms with Crippen LogP contribution >= 0.6 is 0 Å². The molecule has 18 heavy (non-hydrogen) atoms. The SMILES string of the molecule is Cc1noc(C)c1CNC(C)CC1CCCCC1. The number of hydrogen-bond acceptors (Lipinski definition) is 3. The third kappa shape index (κ3) is 3.58. The van der Waals surface area contributed by atoms with E-state index >= 15 is 0 Å². The van der Waals surface area contributed by atoms with E-state index in [-0.39, 0.29) is 0 Å². The lowest BCUT2D eigenvalue weighted by molar-refractivity contribution is 0.304. The predicted molar refractivity (Wildman–Crippen MR) is 73.5 cm³/mol. The van der Waals surface area contributed by atoms with E-state index in [9.17, 15) is 0 Å². The van der Waals surface area contributed by atoms with E-state index < -0.39 is 0 Å². The van der Waals surface area contributed by atoms with Crippen LogP contribution in [0.3, 0.4) is 0 Å².